The van der Waals surface area contributed by atoms with E-state index in [4.69, 9.17) is 4.74 Å². The summed E-state index contributed by atoms with van der Waals surface area (Å²) < 4.78 is 5.40. The lowest BCUT2D eigenvalue weighted by molar-refractivity contribution is 0.0875. The molecular weight excluding hydrogens is 176 g/mol. The molecule has 1 aliphatic rings. The number of hydrogen-bond acceptors (Lipinski definition) is 3. The number of rotatable bonds is 2. The van der Waals surface area contributed by atoms with Gasteiger partial charge in [0.2, 0.25) is 0 Å². The Morgan fingerprint density at radius 1 is 1.57 bits per heavy atom. The van der Waals surface area contributed by atoms with E-state index >= 15 is 0 Å². The number of aryl methyl sites for hydroxylation is 1. The minimum absolute atomic E-state index is 0.428. The van der Waals surface area contributed by atoms with E-state index in [0.29, 0.717) is 6.04 Å². The number of anilines is 1. The second-order valence-electron chi connectivity index (χ2n) is 3.73. The van der Waals surface area contributed by atoms with Gasteiger partial charge >= 0.3 is 0 Å². The van der Waals surface area contributed by atoms with Gasteiger partial charge in [-0.3, -0.25) is 0 Å². The molecule has 0 aliphatic carbocycles. The Morgan fingerprint density at radius 2 is 2.50 bits per heavy atom. The first-order chi connectivity index (χ1) is 6.86. The maximum Gasteiger partial charge on any atom is 0.129 e. The molecule has 1 aromatic rings. The van der Waals surface area contributed by atoms with Crippen LogP contribution in [-0.2, 0) is 4.74 Å². The molecule has 1 saturated heterocycles. The minimum atomic E-state index is 0.428. The molecule has 0 aromatic carbocycles. The van der Waals surface area contributed by atoms with Gasteiger partial charge in [0.1, 0.15) is 5.82 Å². The summed E-state index contributed by atoms with van der Waals surface area (Å²) in [4.78, 5) is 4.31. The zero-order chi connectivity index (χ0) is 9.80. The topological polar surface area (TPSA) is 34.2 Å². The maximum absolute atomic E-state index is 5.40. The maximum atomic E-state index is 5.40. The lowest BCUT2D eigenvalue weighted by atomic mass is 10.1. The molecule has 3 nitrogen and oxygen atoms in total. The highest BCUT2D eigenvalue weighted by Gasteiger charge is 2.14. The fourth-order valence-electron chi connectivity index (χ4n) is 1.68. The smallest absolute Gasteiger partial charge is 0.129 e. The molecule has 1 aromatic heterocycles. The zero-order valence-electron chi connectivity index (χ0n) is 8.49. The Balaban J connectivity index is 1.99. The summed E-state index contributed by atoms with van der Waals surface area (Å²) in [5.41, 5.74) is 1.19. The van der Waals surface area contributed by atoms with Gasteiger partial charge in [0.25, 0.3) is 0 Å². The third-order valence-corrected chi connectivity index (χ3v) is 2.51. The van der Waals surface area contributed by atoms with Crippen LogP contribution in [0.5, 0.6) is 0 Å². The van der Waals surface area contributed by atoms with Gasteiger partial charge in [0.05, 0.1) is 12.6 Å². The summed E-state index contributed by atoms with van der Waals surface area (Å²) in [7, 11) is 0. The fourth-order valence-corrected chi connectivity index (χ4v) is 1.68. The van der Waals surface area contributed by atoms with Crippen molar-refractivity contribution in [2.45, 2.75) is 25.8 Å². The van der Waals surface area contributed by atoms with Crippen LogP contribution in [0, 0.1) is 6.92 Å². The van der Waals surface area contributed by atoms with Crippen molar-refractivity contribution in [2.75, 3.05) is 18.5 Å². The number of ether oxygens (including phenoxy) is 1. The highest BCUT2D eigenvalue weighted by molar-refractivity contribution is 5.43. The first kappa shape index (κ1) is 9.46. The van der Waals surface area contributed by atoms with E-state index in [-0.39, 0.29) is 0 Å². The molecule has 1 aliphatic heterocycles. The highest BCUT2D eigenvalue weighted by Crippen LogP contribution is 2.15. The van der Waals surface area contributed by atoms with Crippen molar-refractivity contribution in [1.82, 2.24) is 4.98 Å². The van der Waals surface area contributed by atoms with E-state index in [1.165, 1.54) is 12.0 Å². The van der Waals surface area contributed by atoms with E-state index in [1.54, 1.807) is 0 Å². The van der Waals surface area contributed by atoms with Crippen LogP contribution < -0.4 is 5.32 Å². The monoisotopic (exact) mass is 192 g/mol. The van der Waals surface area contributed by atoms with Crippen molar-refractivity contribution in [3.05, 3.63) is 23.9 Å². The number of hydrogen-bond donors (Lipinski definition) is 1. The van der Waals surface area contributed by atoms with Crippen molar-refractivity contribution in [1.29, 1.82) is 0 Å². The molecule has 3 heteroatoms. The van der Waals surface area contributed by atoms with Crippen molar-refractivity contribution in [2.24, 2.45) is 0 Å². The molecule has 76 valence electrons. The van der Waals surface area contributed by atoms with Crippen LogP contribution >= 0.6 is 0 Å². The van der Waals surface area contributed by atoms with Crippen LogP contribution in [0.1, 0.15) is 18.4 Å². The first-order valence-electron chi connectivity index (χ1n) is 5.12. The molecule has 1 N–H and O–H groups in total. The van der Waals surface area contributed by atoms with Gasteiger partial charge in [-0.25, -0.2) is 4.98 Å². The molecule has 0 radical (unpaired) electrons. The van der Waals surface area contributed by atoms with Gasteiger partial charge in [-0.2, -0.15) is 0 Å². The van der Waals surface area contributed by atoms with E-state index in [2.05, 4.69) is 23.3 Å². The standard InChI is InChI=1S/C11H16N2O/c1-9-4-2-6-12-11(9)13-10-5-3-7-14-8-10/h2,4,6,10H,3,5,7-8H2,1H3,(H,12,13). The first-order valence-corrected chi connectivity index (χ1v) is 5.12. The predicted octanol–water partition coefficient (Wildman–Crippen LogP) is 1.98. The summed E-state index contributed by atoms with van der Waals surface area (Å²) in [5, 5.41) is 3.41. The van der Waals surface area contributed by atoms with Crippen LogP contribution in [0.2, 0.25) is 0 Å². The summed E-state index contributed by atoms with van der Waals surface area (Å²) in [6, 6.07) is 4.45. The molecule has 1 atom stereocenters. The van der Waals surface area contributed by atoms with E-state index < -0.39 is 0 Å². The summed E-state index contributed by atoms with van der Waals surface area (Å²) in [6.45, 7) is 3.77. The molecule has 1 fully saturated rings. The van der Waals surface area contributed by atoms with Gasteiger partial charge in [-0.1, -0.05) is 6.07 Å². The van der Waals surface area contributed by atoms with Crippen LogP contribution in [0.25, 0.3) is 0 Å². The molecule has 2 rings (SSSR count). The minimum Gasteiger partial charge on any atom is -0.379 e. The fraction of sp³-hybridized carbons (Fsp3) is 0.545. The number of pyridine rings is 1. The highest BCUT2D eigenvalue weighted by atomic mass is 16.5. The van der Waals surface area contributed by atoms with Crippen molar-refractivity contribution >= 4 is 5.82 Å². The van der Waals surface area contributed by atoms with Crippen LogP contribution in [0.3, 0.4) is 0 Å². The molecular formula is C11H16N2O. The van der Waals surface area contributed by atoms with Gasteiger partial charge in [0.15, 0.2) is 0 Å². The molecule has 2 heterocycles. The second-order valence-corrected chi connectivity index (χ2v) is 3.73. The average Bonchev–Trinajstić information content (AvgIpc) is 2.23. The third-order valence-electron chi connectivity index (χ3n) is 2.51. The molecule has 0 bridgehead atoms. The summed E-state index contributed by atoms with van der Waals surface area (Å²) in [5.74, 6) is 0.989. The van der Waals surface area contributed by atoms with E-state index in [9.17, 15) is 0 Å². The third kappa shape index (κ3) is 2.23. The van der Waals surface area contributed by atoms with E-state index in [1.807, 2.05) is 12.3 Å². The van der Waals surface area contributed by atoms with Crippen LogP contribution in [0.15, 0.2) is 18.3 Å². The largest absolute Gasteiger partial charge is 0.379 e. The van der Waals surface area contributed by atoms with Crippen molar-refractivity contribution in [3.8, 4) is 0 Å². The van der Waals surface area contributed by atoms with Gasteiger partial charge < -0.3 is 10.1 Å². The molecule has 0 saturated carbocycles. The Bertz CT molecular complexity index is 295. The Labute approximate surface area is 84.5 Å². The molecule has 0 spiro atoms. The van der Waals surface area contributed by atoms with Crippen molar-refractivity contribution < 1.29 is 4.74 Å². The quantitative estimate of drug-likeness (QED) is 0.778. The van der Waals surface area contributed by atoms with Gasteiger partial charge in [0, 0.05) is 12.8 Å². The van der Waals surface area contributed by atoms with Crippen LogP contribution in [0.4, 0.5) is 5.82 Å². The summed E-state index contributed by atoms with van der Waals surface area (Å²) in [6.07, 6.45) is 4.14. The second kappa shape index (κ2) is 4.42. The van der Waals surface area contributed by atoms with Gasteiger partial charge in [-0.05, 0) is 31.4 Å². The lowest BCUT2D eigenvalue weighted by Crippen LogP contribution is -2.30. The Morgan fingerprint density at radius 3 is 3.21 bits per heavy atom. The average molecular weight is 192 g/mol. The van der Waals surface area contributed by atoms with Crippen LogP contribution in [-0.4, -0.2) is 24.2 Å². The lowest BCUT2D eigenvalue weighted by Gasteiger charge is -2.24. The van der Waals surface area contributed by atoms with Crippen molar-refractivity contribution in [3.63, 3.8) is 0 Å². The molecule has 1 unspecified atom stereocenters. The molecule has 14 heavy (non-hydrogen) atoms. The number of nitrogens with one attached hydrogen (secondary N) is 1. The summed E-state index contributed by atoms with van der Waals surface area (Å²) >= 11 is 0. The van der Waals surface area contributed by atoms with Gasteiger partial charge in [-0.15, -0.1) is 0 Å². The van der Waals surface area contributed by atoms with E-state index in [0.717, 1.165) is 25.5 Å². The predicted molar refractivity (Wildman–Crippen MR) is 56.4 cm³/mol. The Kier molecular flexibility index (Phi) is 2.99. The number of aromatic nitrogens is 1. The normalized spacial score (nSPS) is 21.9. The number of nitrogens with zero attached hydrogens (tertiary/aromatic N) is 1. The SMILES string of the molecule is Cc1cccnc1NC1CCCOC1. The molecule has 0 amide bonds. The zero-order valence-corrected chi connectivity index (χ0v) is 8.49. The Hall–Kier alpha value is -1.09.